The summed E-state index contributed by atoms with van der Waals surface area (Å²) in [6.07, 6.45) is 4.45. The molecule has 0 aromatic carbocycles. The Morgan fingerprint density at radius 1 is 1.38 bits per heavy atom. The van der Waals surface area contributed by atoms with Gasteiger partial charge in [0.1, 0.15) is 10.7 Å². The molecule has 1 aromatic rings. The third-order valence-corrected chi connectivity index (χ3v) is 5.18. The Morgan fingerprint density at radius 2 is 2.10 bits per heavy atom. The fourth-order valence-corrected chi connectivity index (χ4v) is 3.54. The van der Waals surface area contributed by atoms with Gasteiger partial charge in [0.15, 0.2) is 0 Å². The monoisotopic (exact) mass is 333 g/mol. The Kier molecular flexibility index (Phi) is 7.27. The second-order valence-electron chi connectivity index (χ2n) is 4.89. The molecule has 0 radical (unpaired) electrons. The van der Waals surface area contributed by atoms with Crippen LogP contribution in [0.4, 0.5) is 5.82 Å². The molecule has 2 N–H and O–H groups in total. The topological polar surface area (TPSA) is 88.2 Å². The molecular weight excluding hydrogens is 310 g/mol. The van der Waals surface area contributed by atoms with Crippen LogP contribution in [-0.4, -0.2) is 42.2 Å². The molecule has 0 fully saturated rings. The summed E-state index contributed by atoms with van der Waals surface area (Å²) >= 11 is 0. The number of rotatable bonds is 9. The molecule has 1 rings (SSSR count). The van der Waals surface area contributed by atoms with Crippen LogP contribution in [0.25, 0.3) is 0 Å². The SMILES string of the molecule is CCCNc1ccc(S(=O)(=O)NC(C)CCS(C)=O)cn1. The molecule has 0 spiro atoms. The first-order chi connectivity index (χ1) is 9.85. The molecule has 1 aromatic heterocycles. The second kappa shape index (κ2) is 8.45. The molecule has 120 valence electrons. The van der Waals surface area contributed by atoms with Gasteiger partial charge in [-0.25, -0.2) is 18.1 Å². The van der Waals surface area contributed by atoms with Crippen LogP contribution in [0, 0.1) is 0 Å². The maximum Gasteiger partial charge on any atom is 0.242 e. The van der Waals surface area contributed by atoms with E-state index in [0.717, 1.165) is 13.0 Å². The third-order valence-electron chi connectivity index (χ3n) is 2.80. The number of aromatic nitrogens is 1. The summed E-state index contributed by atoms with van der Waals surface area (Å²) in [5.41, 5.74) is 0. The van der Waals surface area contributed by atoms with Crippen LogP contribution in [-0.2, 0) is 20.8 Å². The molecule has 0 aliphatic rings. The molecule has 0 aliphatic heterocycles. The predicted molar refractivity (Wildman–Crippen MR) is 86.4 cm³/mol. The summed E-state index contributed by atoms with van der Waals surface area (Å²) in [6, 6.07) is 2.91. The Hall–Kier alpha value is -0.990. The number of nitrogens with zero attached hydrogens (tertiary/aromatic N) is 1. The highest BCUT2D eigenvalue weighted by atomic mass is 32.2. The summed E-state index contributed by atoms with van der Waals surface area (Å²) in [5, 5.41) is 3.09. The lowest BCUT2D eigenvalue weighted by atomic mass is 10.3. The molecule has 2 atom stereocenters. The van der Waals surface area contributed by atoms with E-state index in [1.165, 1.54) is 12.3 Å². The van der Waals surface area contributed by atoms with E-state index in [2.05, 4.69) is 15.0 Å². The first-order valence-corrected chi connectivity index (χ1v) is 10.1. The van der Waals surface area contributed by atoms with Crippen LogP contribution in [0.5, 0.6) is 0 Å². The van der Waals surface area contributed by atoms with Crippen molar-refractivity contribution >= 4 is 26.6 Å². The van der Waals surface area contributed by atoms with Crippen molar-refractivity contribution in [2.75, 3.05) is 23.9 Å². The van der Waals surface area contributed by atoms with Crippen molar-refractivity contribution in [3.8, 4) is 0 Å². The normalized spacial score (nSPS) is 14.6. The van der Waals surface area contributed by atoms with E-state index in [1.807, 2.05) is 6.92 Å². The van der Waals surface area contributed by atoms with Crippen molar-refractivity contribution in [1.82, 2.24) is 9.71 Å². The first-order valence-electron chi connectivity index (χ1n) is 6.87. The zero-order valence-corrected chi connectivity index (χ0v) is 14.3. The van der Waals surface area contributed by atoms with E-state index in [4.69, 9.17) is 0 Å². The molecule has 0 saturated heterocycles. The summed E-state index contributed by atoms with van der Waals surface area (Å²) in [4.78, 5) is 4.22. The van der Waals surface area contributed by atoms with E-state index < -0.39 is 20.8 Å². The van der Waals surface area contributed by atoms with Gasteiger partial charge in [0.25, 0.3) is 0 Å². The Morgan fingerprint density at radius 3 is 2.62 bits per heavy atom. The summed E-state index contributed by atoms with van der Waals surface area (Å²) in [7, 11) is -4.50. The summed E-state index contributed by atoms with van der Waals surface area (Å²) < 4.78 is 37.9. The van der Waals surface area contributed by atoms with Crippen molar-refractivity contribution in [3.05, 3.63) is 18.3 Å². The van der Waals surface area contributed by atoms with Gasteiger partial charge in [-0.15, -0.1) is 0 Å². The molecule has 8 heteroatoms. The standard InChI is InChI=1S/C13H23N3O3S2/c1-4-8-14-13-6-5-12(10-15-13)21(18,19)16-11(2)7-9-20(3)17/h5-6,10-11,16H,4,7-9H2,1-3H3,(H,14,15). The maximum absolute atomic E-state index is 12.2. The fourth-order valence-electron chi connectivity index (χ4n) is 1.63. The predicted octanol–water partition coefficient (Wildman–Crippen LogP) is 1.34. The minimum absolute atomic E-state index is 0.133. The van der Waals surface area contributed by atoms with Crippen molar-refractivity contribution in [2.24, 2.45) is 0 Å². The van der Waals surface area contributed by atoms with Crippen LogP contribution in [0.1, 0.15) is 26.7 Å². The minimum atomic E-state index is -3.58. The van der Waals surface area contributed by atoms with Crippen LogP contribution in [0.15, 0.2) is 23.2 Å². The van der Waals surface area contributed by atoms with E-state index in [0.29, 0.717) is 18.0 Å². The van der Waals surface area contributed by atoms with Gasteiger partial charge in [0.2, 0.25) is 10.0 Å². The first kappa shape index (κ1) is 18.1. The van der Waals surface area contributed by atoms with Gasteiger partial charge in [-0.1, -0.05) is 6.92 Å². The maximum atomic E-state index is 12.2. The molecule has 0 bridgehead atoms. The number of hydrogen-bond donors (Lipinski definition) is 2. The lowest BCUT2D eigenvalue weighted by molar-refractivity contribution is 0.555. The van der Waals surface area contributed by atoms with Gasteiger partial charge in [-0.2, -0.15) is 0 Å². The van der Waals surface area contributed by atoms with Crippen LogP contribution >= 0.6 is 0 Å². The largest absolute Gasteiger partial charge is 0.370 e. The molecule has 0 saturated carbocycles. The zero-order chi connectivity index (χ0) is 15.9. The molecule has 6 nitrogen and oxygen atoms in total. The van der Waals surface area contributed by atoms with Gasteiger partial charge >= 0.3 is 0 Å². The second-order valence-corrected chi connectivity index (χ2v) is 8.16. The highest BCUT2D eigenvalue weighted by Crippen LogP contribution is 2.11. The van der Waals surface area contributed by atoms with Crippen molar-refractivity contribution in [3.63, 3.8) is 0 Å². The number of nitrogens with one attached hydrogen (secondary N) is 2. The van der Waals surface area contributed by atoms with Crippen LogP contribution in [0.3, 0.4) is 0 Å². The number of hydrogen-bond acceptors (Lipinski definition) is 5. The van der Waals surface area contributed by atoms with Crippen LogP contribution in [0.2, 0.25) is 0 Å². The Balaban J connectivity index is 2.67. The molecule has 1 heterocycles. The molecule has 0 amide bonds. The number of anilines is 1. The summed E-state index contributed by atoms with van der Waals surface area (Å²) in [5.74, 6) is 1.13. The minimum Gasteiger partial charge on any atom is -0.370 e. The fraction of sp³-hybridized carbons (Fsp3) is 0.615. The van der Waals surface area contributed by atoms with Crippen molar-refractivity contribution in [1.29, 1.82) is 0 Å². The van der Waals surface area contributed by atoms with Gasteiger partial charge in [0, 0.05) is 41.6 Å². The zero-order valence-electron chi connectivity index (χ0n) is 12.6. The van der Waals surface area contributed by atoms with Gasteiger partial charge in [-0.3, -0.25) is 4.21 Å². The van der Waals surface area contributed by atoms with Crippen LogP contribution < -0.4 is 10.0 Å². The molecule has 0 aliphatic carbocycles. The smallest absolute Gasteiger partial charge is 0.242 e. The molecule has 21 heavy (non-hydrogen) atoms. The van der Waals surface area contributed by atoms with Crippen molar-refractivity contribution < 1.29 is 12.6 Å². The third kappa shape index (κ3) is 6.54. The summed E-state index contributed by atoms with van der Waals surface area (Å²) in [6.45, 7) is 4.60. The van der Waals surface area contributed by atoms with Gasteiger partial charge in [0.05, 0.1) is 0 Å². The highest BCUT2D eigenvalue weighted by Gasteiger charge is 2.17. The van der Waals surface area contributed by atoms with Gasteiger partial charge < -0.3 is 5.32 Å². The van der Waals surface area contributed by atoms with E-state index >= 15 is 0 Å². The average molecular weight is 333 g/mol. The molecular formula is C13H23N3O3S2. The lowest BCUT2D eigenvalue weighted by Gasteiger charge is -2.13. The molecule has 2 unspecified atom stereocenters. The average Bonchev–Trinajstić information content (AvgIpc) is 2.43. The quantitative estimate of drug-likeness (QED) is 0.712. The number of pyridine rings is 1. The van der Waals surface area contributed by atoms with E-state index in [1.54, 1.807) is 19.2 Å². The number of sulfonamides is 1. The highest BCUT2D eigenvalue weighted by molar-refractivity contribution is 7.89. The Bertz CT molecular complexity index is 559. The van der Waals surface area contributed by atoms with Crippen molar-refractivity contribution in [2.45, 2.75) is 37.6 Å². The Labute approximate surface area is 129 Å². The van der Waals surface area contributed by atoms with Gasteiger partial charge in [-0.05, 0) is 31.9 Å². The lowest BCUT2D eigenvalue weighted by Crippen LogP contribution is -2.33. The van der Waals surface area contributed by atoms with E-state index in [9.17, 15) is 12.6 Å². The van der Waals surface area contributed by atoms with E-state index in [-0.39, 0.29) is 10.9 Å².